The van der Waals surface area contributed by atoms with Gasteiger partial charge in [-0.3, -0.25) is 28.8 Å². The lowest BCUT2D eigenvalue weighted by molar-refractivity contribution is -0.167. The van der Waals surface area contributed by atoms with Crippen LogP contribution in [-0.2, 0) is 61.9 Å². The lowest BCUT2D eigenvalue weighted by Crippen LogP contribution is -2.41. The summed E-state index contributed by atoms with van der Waals surface area (Å²) in [6, 6.07) is 0. The van der Waals surface area contributed by atoms with Crippen LogP contribution in [0.5, 0.6) is 0 Å². The van der Waals surface area contributed by atoms with E-state index in [1.165, 1.54) is 4.90 Å². The zero-order valence-electron chi connectivity index (χ0n) is 46.0. The molecule has 0 bridgehead atoms. The second-order valence-corrected chi connectivity index (χ2v) is 23.8. The van der Waals surface area contributed by atoms with Gasteiger partial charge in [0.2, 0.25) is 0 Å². The van der Waals surface area contributed by atoms with E-state index in [4.69, 9.17) is 33.2 Å². The number of ether oxygens (including phenoxy) is 7. The molecule has 1 amide bonds. The maximum Gasteiger partial charge on any atom is 0.410 e. The van der Waals surface area contributed by atoms with Gasteiger partial charge in [-0.2, -0.15) is 0 Å². The average Bonchev–Trinajstić information content (AvgIpc) is 3.38. The zero-order valence-corrected chi connectivity index (χ0v) is 46.0. The first kappa shape index (κ1) is 60.6. The fraction of sp³-hybridized carbons (Fsp3) is 0.877. The van der Waals surface area contributed by atoms with Crippen molar-refractivity contribution >= 4 is 41.9 Å². The smallest absolute Gasteiger partial charge is 0.410 e. The van der Waals surface area contributed by atoms with Gasteiger partial charge < -0.3 is 38.1 Å². The number of esters is 6. The highest BCUT2D eigenvalue weighted by Crippen LogP contribution is 2.36. The summed E-state index contributed by atoms with van der Waals surface area (Å²) in [6.07, 6.45) is 17.0. The molecule has 0 spiro atoms. The van der Waals surface area contributed by atoms with Crippen molar-refractivity contribution in [3.8, 4) is 0 Å². The van der Waals surface area contributed by atoms with Gasteiger partial charge in [0.05, 0.1) is 47.3 Å². The Bertz CT molecular complexity index is 1520. The summed E-state index contributed by atoms with van der Waals surface area (Å²) in [5.74, 6) is -0.859. The fourth-order valence-corrected chi connectivity index (χ4v) is 10.7. The Morgan fingerprint density at radius 3 is 0.833 bits per heavy atom. The largest absolute Gasteiger partial charge is 0.465 e. The van der Waals surface area contributed by atoms with Crippen LogP contribution < -0.4 is 0 Å². The molecule has 0 radical (unpaired) electrons. The van der Waals surface area contributed by atoms with Gasteiger partial charge in [0, 0.05) is 13.1 Å². The molecule has 4 saturated carbocycles. The van der Waals surface area contributed by atoms with Gasteiger partial charge in [0.1, 0.15) is 45.2 Å². The first-order chi connectivity index (χ1) is 34.2. The van der Waals surface area contributed by atoms with Crippen LogP contribution in [0, 0.1) is 58.2 Å². The first-order valence-corrected chi connectivity index (χ1v) is 28.1. The highest BCUT2D eigenvalue weighted by atomic mass is 16.6. The Morgan fingerprint density at radius 1 is 0.375 bits per heavy atom. The van der Waals surface area contributed by atoms with E-state index in [0.717, 1.165) is 128 Å². The van der Waals surface area contributed by atoms with Gasteiger partial charge in [0.25, 0.3) is 0 Å². The zero-order chi connectivity index (χ0) is 52.9. The predicted molar refractivity (Wildman–Crippen MR) is 272 cm³/mol. The molecule has 0 saturated heterocycles. The summed E-state index contributed by atoms with van der Waals surface area (Å²) >= 11 is 0. The number of nitrogens with zero attached hydrogens (tertiary/aromatic N) is 1. The Kier molecular flexibility index (Phi) is 25.1. The number of carbonyl (C=O) groups excluding carboxylic acids is 7. The second kappa shape index (κ2) is 29.8. The van der Waals surface area contributed by atoms with Crippen LogP contribution in [0.4, 0.5) is 4.79 Å². The highest BCUT2D eigenvalue weighted by Gasteiger charge is 2.38. The number of rotatable bonds is 26. The number of hydrogen-bond acceptors (Lipinski definition) is 14. The number of hydrogen-bond donors (Lipinski definition) is 0. The Balaban J connectivity index is 1.35. The van der Waals surface area contributed by atoms with Crippen molar-refractivity contribution in [2.24, 2.45) is 58.2 Å². The Labute approximate surface area is 432 Å². The molecule has 0 aromatic heterocycles. The monoisotopic (exact) mass is 1020 g/mol. The van der Waals surface area contributed by atoms with Gasteiger partial charge in [0.15, 0.2) is 0 Å². The van der Waals surface area contributed by atoms with Crippen LogP contribution in [0.1, 0.15) is 204 Å². The van der Waals surface area contributed by atoms with E-state index in [9.17, 15) is 33.6 Å². The van der Waals surface area contributed by atoms with Crippen molar-refractivity contribution in [1.82, 2.24) is 4.90 Å². The third-order valence-corrected chi connectivity index (χ3v) is 16.3. The summed E-state index contributed by atoms with van der Waals surface area (Å²) in [5.41, 5.74) is -2.95. The van der Waals surface area contributed by atoms with E-state index >= 15 is 0 Å². The summed E-state index contributed by atoms with van der Waals surface area (Å²) in [6.45, 7) is 16.2. The minimum atomic E-state index is -1.04. The minimum Gasteiger partial charge on any atom is -0.465 e. The molecule has 15 nitrogen and oxygen atoms in total. The van der Waals surface area contributed by atoms with Gasteiger partial charge in [-0.25, -0.2) is 4.79 Å². The van der Waals surface area contributed by atoms with Crippen molar-refractivity contribution < 1.29 is 66.7 Å². The van der Waals surface area contributed by atoms with Crippen molar-refractivity contribution in [3.63, 3.8) is 0 Å². The molecule has 0 N–H and O–H groups in total. The summed E-state index contributed by atoms with van der Waals surface area (Å²) in [4.78, 5) is 94.6. The maximum atomic E-state index is 13.5. The van der Waals surface area contributed by atoms with Crippen molar-refractivity contribution in [2.45, 2.75) is 209 Å². The molecule has 72 heavy (non-hydrogen) atoms. The number of carbonyl (C=O) groups is 7. The van der Waals surface area contributed by atoms with Gasteiger partial charge in [-0.05, 0) is 161 Å². The lowest BCUT2D eigenvalue weighted by atomic mass is 9.81. The summed E-state index contributed by atoms with van der Waals surface area (Å²) in [5, 5.41) is 0. The second-order valence-electron chi connectivity index (χ2n) is 23.8. The van der Waals surface area contributed by atoms with E-state index in [-0.39, 0.29) is 113 Å². The molecule has 0 heterocycles. The fourth-order valence-electron chi connectivity index (χ4n) is 10.7. The van der Waals surface area contributed by atoms with Gasteiger partial charge in [-0.1, -0.05) is 53.4 Å². The normalized spacial score (nSPS) is 26.3. The third-order valence-electron chi connectivity index (χ3n) is 16.3. The molecular formula is C57H95NO14. The van der Waals surface area contributed by atoms with Gasteiger partial charge >= 0.3 is 41.9 Å². The van der Waals surface area contributed by atoms with Crippen molar-refractivity contribution in [1.29, 1.82) is 0 Å². The van der Waals surface area contributed by atoms with Crippen LogP contribution in [0.25, 0.3) is 0 Å². The predicted octanol–water partition coefficient (Wildman–Crippen LogP) is 11.1. The van der Waals surface area contributed by atoms with Crippen LogP contribution in [0.2, 0.25) is 0 Å². The van der Waals surface area contributed by atoms with Crippen LogP contribution in [0.3, 0.4) is 0 Å². The molecule has 0 unspecified atom stereocenters. The van der Waals surface area contributed by atoms with Crippen LogP contribution in [0.15, 0.2) is 0 Å². The summed E-state index contributed by atoms with van der Waals surface area (Å²) < 4.78 is 40.6. The molecule has 412 valence electrons. The molecule has 15 heteroatoms. The van der Waals surface area contributed by atoms with E-state index in [1.807, 2.05) is 0 Å². The molecule has 0 aliphatic heterocycles. The maximum absolute atomic E-state index is 13.5. The van der Waals surface area contributed by atoms with Crippen LogP contribution >= 0.6 is 0 Å². The van der Waals surface area contributed by atoms with E-state index in [0.29, 0.717) is 23.7 Å². The highest BCUT2D eigenvalue weighted by molar-refractivity contribution is 5.75. The van der Waals surface area contributed by atoms with E-state index in [2.05, 4.69) is 27.7 Å². The average molecular weight is 1020 g/mol. The molecule has 4 aliphatic rings. The SMILES string of the molecule is CCC1CCC(C(=O)OCC(C)(COC(=O)CCN(CCC(=O)OCC(C)(COC(=O)C2CCC(CC)CC2)COC(=O)C2CCC(CC)CC2)C(=O)OC(C)(C)C)COC(=O)C2CCC(CC)CC2)CC1. The molecular weight excluding hydrogens is 923 g/mol. The number of amides is 1. The van der Waals surface area contributed by atoms with Gasteiger partial charge in [-0.15, -0.1) is 0 Å². The Hall–Kier alpha value is -3.91. The standard InChI is InChI=1S/C57H95NO14/c1-10-40-14-22-44(23-15-40)50(61)68-36-56(8,37-69-51(62)45-24-16-41(11-2)17-25-45)34-66-48(59)30-32-58(54(65)72-55(5,6)7)33-31-49(60)67-35-57(9,38-70-52(63)46-26-18-42(12-3)19-27-46)39-71-53(64)47-28-20-43(13-4)21-29-47/h40-47H,10-39H2,1-9H3. The Morgan fingerprint density at radius 2 is 0.611 bits per heavy atom. The molecule has 0 aromatic carbocycles. The van der Waals surface area contributed by atoms with E-state index < -0.39 is 34.5 Å². The summed E-state index contributed by atoms with van der Waals surface area (Å²) in [7, 11) is 0. The quantitative estimate of drug-likeness (QED) is 0.0588. The first-order valence-electron chi connectivity index (χ1n) is 28.1. The van der Waals surface area contributed by atoms with Crippen molar-refractivity contribution in [2.75, 3.05) is 52.7 Å². The molecule has 4 rings (SSSR count). The van der Waals surface area contributed by atoms with Crippen LogP contribution in [-0.4, -0.2) is 105 Å². The lowest BCUT2D eigenvalue weighted by Gasteiger charge is -2.32. The molecule has 0 aromatic rings. The minimum absolute atomic E-state index is 0.112. The molecule has 4 fully saturated rings. The molecule has 0 atom stereocenters. The third kappa shape index (κ3) is 21.1. The molecule has 4 aliphatic carbocycles. The van der Waals surface area contributed by atoms with E-state index in [1.54, 1.807) is 34.6 Å². The topological polar surface area (TPSA) is 187 Å². The van der Waals surface area contributed by atoms with Crippen molar-refractivity contribution in [3.05, 3.63) is 0 Å².